The summed E-state index contributed by atoms with van der Waals surface area (Å²) >= 11 is 0. The van der Waals surface area contributed by atoms with E-state index in [9.17, 15) is 9.59 Å². The normalized spacial score (nSPS) is 16.6. The minimum absolute atomic E-state index is 0.0623. The van der Waals surface area contributed by atoms with Gasteiger partial charge in [-0.15, -0.1) is 0 Å². The van der Waals surface area contributed by atoms with Gasteiger partial charge in [0, 0.05) is 26.3 Å². The SMILES string of the molecule is CCCn1c(=O)n(Cc2nc(=O)c3ccccc3n2CCC2CCCOC2)c2ccccc21. The summed E-state index contributed by atoms with van der Waals surface area (Å²) in [5.41, 5.74) is 2.34. The maximum atomic E-state index is 13.3. The first-order valence-corrected chi connectivity index (χ1v) is 11.9. The van der Waals surface area contributed by atoms with Gasteiger partial charge in [0.25, 0.3) is 5.56 Å². The van der Waals surface area contributed by atoms with Crippen molar-refractivity contribution in [3.05, 3.63) is 75.2 Å². The van der Waals surface area contributed by atoms with Crippen LogP contribution in [0.4, 0.5) is 0 Å². The number of para-hydroxylation sites is 3. The highest BCUT2D eigenvalue weighted by Gasteiger charge is 2.19. The zero-order valence-electron chi connectivity index (χ0n) is 19.1. The Kier molecular flexibility index (Phi) is 6.13. The van der Waals surface area contributed by atoms with Crippen molar-refractivity contribution < 1.29 is 4.74 Å². The van der Waals surface area contributed by atoms with Gasteiger partial charge in [0.15, 0.2) is 0 Å². The Labute approximate surface area is 192 Å². The number of rotatable bonds is 7. The molecule has 1 aliphatic heterocycles. The average Bonchev–Trinajstić information content (AvgIpc) is 3.11. The van der Waals surface area contributed by atoms with Crippen LogP contribution in [0.5, 0.6) is 0 Å². The molecule has 4 aromatic rings. The highest BCUT2D eigenvalue weighted by molar-refractivity contribution is 5.78. The smallest absolute Gasteiger partial charge is 0.329 e. The van der Waals surface area contributed by atoms with Gasteiger partial charge >= 0.3 is 5.69 Å². The third kappa shape index (κ3) is 4.13. The molecule has 5 rings (SSSR count). The zero-order valence-corrected chi connectivity index (χ0v) is 19.1. The van der Waals surface area contributed by atoms with E-state index < -0.39 is 0 Å². The van der Waals surface area contributed by atoms with Gasteiger partial charge in [-0.3, -0.25) is 13.9 Å². The quantitative estimate of drug-likeness (QED) is 0.433. The molecule has 33 heavy (non-hydrogen) atoms. The molecule has 3 heterocycles. The van der Waals surface area contributed by atoms with Crippen molar-refractivity contribution in [3.8, 4) is 0 Å². The maximum absolute atomic E-state index is 13.3. The molecule has 1 saturated heterocycles. The van der Waals surface area contributed by atoms with E-state index in [2.05, 4.69) is 16.5 Å². The van der Waals surface area contributed by atoms with Crippen LogP contribution >= 0.6 is 0 Å². The van der Waals surface area contributed by atoms with E-state index in [1.54, 1.807) is 4.57 Å². The van der Waals surface area contributed by atoms with Crippen LogP contribution in [0.3, 0.4) is 0 Å². The second-order valence-electron chi connectivity index (χ2n) is 8.88. The van der Waals surface area contributed by atoms with Crippen molar-refractivity contribution in [1.29, 1.82) is 0 Å². The molecule has 0 radical (unpaired) electrons. The molecule has 0 aliphatic carbocycles. The van der Waals surface area contributed by atoms with Crippen molar-refractivity contribution >= 4 is 21.9 Å². The van der Waals surface area contributed by atoms with Gasteiger partial charge in [-0.2, -0.15) is 4.98 Å². The Balaban J connectivity index is 1.60. The topological polar surface area (TPSA) is 71.0 Å². The third-order valence-electron chi connectivity index (χ3n) is 6.65. The lowest BCUT2D eigenvalue weighted by Crippen LogP contribution is -2.29. The van der Waals surface area contributed by atoms with Crippen molar-refractivity contribution in [2.45, 2.75) is 52.2 Å². The van der Waals surface area contributed by atoms with Gasteiger partial charge in [0.05, 0.1) is 28.5 Å². The Morgan fingerprint density at radius 3 is 2.39 bits per heavy atom. The molecule has 0 spiro atoms. The van der Waals surface area contributed by atoms with E-state index in [1.807, 2.05) is 53.1 Å². The lowest BCUT2D eigenvalue weighted by atomic mass is 9.98. The number of imidazole rings is 1. The molecule has 1 atom stereocenters. The fourth-order valence-electron chi connectivity index (χ4n) is 4.99. The summed E-state index contributed by atoms with van der Waals surface area (Å²) in [6.45, 7) is 5.35. The summed E-state index contributed by atoms with van der Waals surface area (Å²) < 4.78 is 11.4. The Morgan fingerprint density at radius 2 is 1.67 bits per heavy atom. The first-order valence-electron chi connectivity index (χ1n) is 11.9. The summed E-state index contributed by atoms with van der Waals surface area (Å²) in [5.74, 6) is 1.12. The van der Waals surface area contributed by atoms with Crippen molar-refractivity contribution in [2.24, 2.45) is 5.92 Å². The van der Waals surface area contributed by atoms with Crippen LogP contribution in [-0.2, 0) is 24.4 Å². The maximum Gasteiger partial charge on any atom is 0.329 e. The summed E-state index contributed by atoms with van der Waals surface area (Å²) in [6, 6.07) is 15.5. The molecule has 0 bridgehead atoms. The molecule has 1 aliphatic rings. The van der Waals surface area contributed by atoms with E-state index in [0.29, 0.717) is 23.7 Å². The van der Waals surface area contributed by atoms with E-state index >= 15 is 0 Å². The minimum atomic E-state index is -0.247. The monoisotopic (exact) mass is 446 g/mol. The molecular weight excluding hydrogens is 416 g/mol. The van der Waals surface area contributed by atoms with Crippen LogP contribution in [0.15, 0.2) is 58.1 Å². The molecule has 2 aromatic heterocycles. The number of hydrogen-bond acceptors (Lipinski definition) is 4. The van der Waals surface area contributed by atoms with Crippen molar-refractivity contribution in [3.63, 3.8) is 0 Å². The average molecular weight is 447 g/mol. The van der Waals surface area contributed by atoms with Crippen molar-refractivity contribution in [2.75, 3.05) is 13.2 Å². The number of fused-ring (bicyclic) bond motifs is 2. The summed E-state index contributed by atoms with van der Waals surface area (Å²) in [7, 11) is 0. The Bertz CT molecular complexity index is 1390. The van der Waals surface area contributed by atoms with Gasteiger partial charge in [-0.05, 0) is 55.9 Å². The van der Waals surface area contributed by atoms with Gasteiger partial charge in [0.2, 0.25) is 0 Å². The van der Waals surface area contributed by atoms with Gasteiger partial charge < -0.3 is 9.30 Å². The van der Waals surface area contributed by atoms with Crippen LogP contribution in [-0.4, -0.2) is 31.9 Å². The second kappa shape index (κ2) is 9.35. The van der Waals surface area contributed by atoms with E-state index in [0.717, 1.165) is 62.0 Å². The van der Waals surface area contributed by atoms with Gasteiger partial charge in [-0.1, -0.05) is 31.2 Å². The molecule has 7 heteroatoms. The molecule has 0 N–H and O–H groups in total. The number of hydrogen-bond donors (Lipinski definition) is 0. The standard InChI is InChI=1S/C26H30N4O3/c1-2-14-29-22-11-5-6-12-23(22)30(26(29)32)17-24-27-25(31)20-9-3-4-10-21(20)28(24)15-13-19-8-7-16-33-18-19/h3-6,9-12,19H,2,7-8,13-18H2,1H3. The zero-order chi connectivity index (χ0) is 22.8. The van der Waals surface area contributed by atoms with E-state index in [4.69, 9.17) is 4.74 Å². The molecule has 2 aromatic carbocycles. The first kappa shape index (κ1) is 21.6. The highest BCUT2D eigenvalue weighted by atomic mass is 16.5. The predicted octanol–water partition coefficient (Wildman–Crippen LogP) is 3.79. The largest absolute Gasteiger partial charge is 0.381 e. The molecular formula is C26H30N4O3. The molecule has 1 fully saturated rings. The number of aryl methyl sites for hydroxylation is 2. The molecule has 172 valence electrons. The summed E-state index contributed by atoms with van der Waals surface area (Å²) in [5, 5.41) is 0.613. The number of aromatic nitrogens is 4. The van der Waals surface area contributed by atoms with Crippen LogP contribution in [0, 0.1) is 5.92 Å². The number of ether oxygens (including phenoxy) is 1. The lowest BCUT2D eigenvalue weighted by molar-refractivity contribution is 0.0500. The van der Waals surface area contributed by atoms with Crippen LogP contribution in [0.1, 0.15) is 38.4 Å². The number of nitrogens with zero attached hydrogens (tertiary/aromatic N) is 4. The van der Waals surface area contributed by atoms with Crippen LogP contribution < -0.4 is 11.2 Å². The molecule has 0 amide bonds. The van der Waals surface area contributed by atoms with Gasteiger partial charge in [-0.25, -0.2) is 4.79 Å². The Hall–Kier alpha value is -3.19. The highest BCUT2D eigenvalue weighted by Crippen LogP contribution is 2.21. The van der Waals surface area contributed by atoms with E-state index in [-0.39, 0.29) is 17.8 Å². The third-order valence-corrected chi connectivity index (χ3v) is 6.65. The molecule has 0 saturated carbocycles. The van der Waals surface area contributed by atoms with E-state index in [1.165, 1.54) is 0 Å². The summed E-state index contributed by atoms with van der Waals surface area (Å²) in [6.07, 6.45) is 4.07. The van der Waals surface area contributed by atoms with Crippen LogP contribution in [0.25, 0.3) is 21.9 Å². The Morgan fingerprint density at radius 1 is 0.939 bits per heavy atom. The second-order valence-corrected chi connectivity index (χ2v) is 8.88. The summed E-state index contributed by atoms with van der Waals surface area (Å²) in [4.78, 5) is 30.7. The number of benzene rings is 2. The minimum Gasteiger partial charge on any atom is -0.381 e. The fraction of sp³-hybridized carbons (Fsp3) is 0.423. The molecule has 7 nitrogen and oxygen atoms in total. The predicted molar refractivity (Wildman–Crippen MR) is 130 cm³/mol. The fourth-order valence-corrected chi connectivity index (χ4v) is 4.99. The molecule has 1 unspecified atom stereocenters. The lowest BCUT2D eigenvalue weighted by Gasteiger charge is -2.23. The first-order chi connectivity index (χ1) is 16.2. The van der Waals surface area contributed by atoms with Crippen LogP contribution in [0.2, 0.25) is 0 Å². The van der Waals surface area contributed by atoms with Gasteiger partial charge in [0.1, 0.15) is 5.82 Å². The van der Waals surface area contributed by atoms with Crippen molar-refractivity contribution in [1.82, 2.24) is 18.7 Å².